The van der Waals surface area contributed by atoms with Gasteiger partial charge in [-0.1, -0.05) is 65.6 Å². The maximum absolute atomic E-state index is 13.6. The van der Waals surface area contributed by atoms with Crippen molar-refractivity contribution in [1.82, 2.24) is 19.5 Å². The third-order valence-corrected chi connectivity index (χ3v) is 7.50. The molecule has 0 fully saturated rings. The predicted octanol–water partition coefficient (Wildman–Crippen LogP) is 5.52. The maximum atomic E-state index is 13.6. The van der Waals surface area contributed by atoms with Crippen LogP contribution in [0.4, 0.5) is 5.13 Å². The average molecular weight is 498 g/mol. The van der Waals surface area contributed by atoms with E-state index in [-0.39, 0.29) is 17.2 Å². The second kappa shape index (κ2) is 8.68. The maximum Gasteiger partial charge on any atom is 0.283 e. The first-order chi connectivity index (χ1) is 17.1. The Kier molecular flexibility index (Phi) is 5.35. The van der Waals surface area contributed by atoms with Gasteiger partial charge < -0.3 is 10.3 Å². The largest absolute Gasteiger partial charge is 0.349 e. The van der Waals surface area contributed by atoms with Gasteiger partial charge in [-0.2, -0.15) is 0 Å². The van der Waals surface area contributed by atoms with Gasteiger partial charge in [-0.3, -0.25) is 14.2 Å². The molecule has 0 aliphatic carbocycles. The summed E-state index contributed by atoms with van der Waals surface area (Å²) in [7, 11) is 0. The zero-order valence-corrected chi connectivity index (χ0v) is 20.2. The number of amides is 1. The molecule has 0 spiro atoms. The molecule has 6 rings (SSSR count). The van der Waals surface area contributed by atoms with E-state index in [0.29, 0.717) is 27.0 Å². The summed E-state index contributed by atoms with van der Waals surface area (Å²) in [6.45, 7) is 2.03. The normalized spacial score (nSPS) is 11.5. The van der Waals surface area contributed by atoms with Gasteiger partial charge in [0, 0.05) is 10.9 Å². The van der Waals surface area contributed by atoms with Crippen molar-refractivity contribution in [2.45, 2.75) is 12.1 Å². The Morgan fingerprint density at radius 1 is 1.06 bits per heavy atom. The number of carbonyl (C=O) groups is 1. The third kappa shape index (κ3) is 3.98. The molecule has 1 amide bonds. The second-order valence-electron chi connectivity index (χ2n) is 8.09. The minimum Gasteiger partial charge on any atom is -0.349 e. The molecule has 0 aliphatic heterocycles. The van der Waals surface area contributed by atoms with E-state index in [1.54, 1.807) is 4.57 Å². The Hall–Kier alpha value is -3.95. The number of fused-ring (bicyclic) bond motifs is 4. The number of aromatic nitrogens is 4. The lowest BCUT2D eigenvalue weighted by Gasteiger charge is -2.12. The summed E-state index contributed by atoms with van der Waals surface area (Å²) in [6.07, 6.45) is 0. The van der Waals surface area contributed by atoms with Crippen molar-refractivity contribution in [3.8, 4) is 5.69 Å². The number of anilines is 1. The van der Waals surface area contributed by atoms with Crippen LogP contribution in [0.3, 0.4) is 0 Å². The number of carbonyl (C=O) groups excluding carboxylic acids is 1. The fourth-order valence-corrected chi connectivity index (χ4v) is 5.80. The summed E-state index contributed by atoms with van der Waals surface area (Å²) in [4.78, 5) is 38.9. The van der Waals surface area contributed by atoms with Crippen molar-refractivity contribution in [2.24, 2.45) is 0 Å². The molecule has 3 heterocycles. The highest BCUT2D eigenvalue weighted by atomic mass is 32.2. The number of hydrogen-bond donors (Lipinski definition) is 2. The first kappa shape index (κ1) is 21.6. The number of benzene rings is 3. The van der Waals surface area contributed by atoms with Crippen LogP contribution in [0, 0.1) is 6.92 Å². The van der Waals surface area contributed by atoms with Crippen molar-refractivity contribution in [3.63, 3.8) is 0 Å². The first-order valence-electron chi connectivity index (χ1n) is 11.0. The third-order valence-electron chi connectivity index (χ3n) is 5.63. The highest BCUT2D eigenvalue weighted by Crippen LogP contribution is 2.28. The number of nitrogens with one attached hydrogen (secondary N) is 2. The summed E-state index contributed by atoms with van der Waals surface area (Å²) in [5, 5.41) is 4.76. The first-order valence-corrected chi connectivity index (χ1v) is 12.8. The molecule has 0 saturated heterocycles. The van der Waals surface area contributed by atoms with Gasteiger partial charge in [0.25, 0.3) is 5.56 Å². The lowest BCUT2D eigenvalue weighted by atomic mass is 10.2. The number of aromatic amines is 1. The number of para-hydroxylation sites is 2. The van der Waals surface area contributed by atoms with Crippen LogP contribution < -0.4 is 10.9 Å². The Morgan fingerprint density at radius 2 is 1.86 bits per heavy atom. The van der Waals surface area contributed by atoms with E-state index in [1.807, 2.05) is 73.7 Å². The van der Waals surface area contributed by atoms with E-state index in [4.69, 9.17) is 4.98 Å². The Morgan fingerprint density at radius 3 is 2.71 bits per heavy atom. The lowest BCUT2D eigenvalue weighted by Crippen LogP contribution is -2.23. The van der Waals surface area contributed by atoms with Gasteiger partial charge in [-0.25, -0.2) is 9.97 Å². The number of thioether (sulfide) groups is 1. The number of thiazole rings is 1. The average Bonchev–Trinajstić information content (AvgIpc) is 3.44. The molecule has 2 N–H and O–H groups in total. The molecular formula is C26H19N5O2S2. The summed E-state index contributed by atoms with van der Waals surface area (Å²) in [6, 6.07) is 23.0. The van der Waals surface area contributed by atoms with Crippen molar-refractivity contribution in [2.75, 3.05) is 11.1 Å². The minimum absolute atomic E-state index is 0.0854. The van der Waals surface area contributed by atoms with Crippen LogP contribution in [-0.4, -0.2) is 31.2 Å². The van der Waals surface area contributed by atoms with Crippen molar-refractivity contribution in [3.05, 3.63) is 88.7 Å². The molecule has 3 aromatic carbocycles. The molecule has 7 nitrogen and oxygen atoms in total. The van der Waals surface area contributed by atoms with Crippen molar-refractivity contribution >= 4 is 66.3 Å². The van der Waals surface area contributed by atoms with Crippen LogP contribution in [0.1, 0.15) is 5.56 Å². The SMILES string of the molecule is Cc1ccc2nc(NC(=O)CSc3nc4c([nH]c5ccccc54)c(=O)n3-c3ccccc3)sc2c1. The van der Waals surface area contributed by atoms with E-state index in [1.165, 1.54) is 23.1 Å². The highest BCUT2D eigenvalue weighted by Gasteiger charge is 2.18. The fourth-order valence-electron chi connectivity index (χ4n) is 4.01. The van der Waals surface area contributed by atoms with Gasteiger partial charge in [-0.15, -0.1) is 0 Å². The standard InChI is InChI=1S/C26H19N5O2S2/c1-15-11-12-19-20(13-15)35-25(28-19)29-21(32)14-34-26-30-22-17-9-5-6-10-18(17)27-23(22)24(33)31(26)16-7-3-2-4-8-16/h2-13,27H,14H2,1H3,(H,28,29,32). The molecule has 35 heavy (non-hydrogen) atoms. The molecule has 3 aromatic heterocycles. The van der Waals surface area contributed by atoms with Crippen LogP contribution in [-0.2, 0) is 4.79 Å². The topological polar surface area (TPSA) is 92.7 Å². The molecule has 0 aliphatic rings. The van der Waals surface area contributed by atoms with E-state index >= 15 is 0 Å². The smallest absolute Gasteiger partial charge is 0.283 e. The van der Waals surface area contributed by atoms with E-state index < -0.39 is 0 Å². The van der Waals surface area contributed by atoms with Gasteiger partial charge in [-0.05, 0) is 42.8 Å². The Balaban J connectivity index is 1.35. The zero-order chi connectivity index (χ0) is 23.9. The van der Waals surface area contributed by atoms with E-state index in [2.05, 4.69) is 21.4 Å². The quantitative estimate of drug-likeness (QED) is 0.242. The molecule has 0 atom stereocenters. The van der Waals surface area contributed by atoms with Gasteiger partial charge in [0.15, 0.2) is 10.3 Å². The lowest BCUT2D eigenvalue weighted by molar-refractivity contribution is -0.113. The molecule has 172 valence electrons. The van der Waals surface area contributed by atoms with Crippen LogP contribution >= 0.6 is 23.1 Å². The summed E-state index contributed by atoms with van der Waals surface area (Å²) < 4.78 is 2.58. The molecule has 0 bridgehead atoms. The zero-order valence-electron chi connectivity index (χ0n) is 18.6. The number of H-pyrrole nitrogens is 1. The van der Waals surface area contributed by atoms with Crippen LogP contribution in [0.2, 0.25) is 0 Å². The molecule has 0 saturated carbocycles. The second-order valence-corrected chi connectivity index (χ2v) is 10.1. The number of nitrogens with zero attached hydrogens (tertiary/aromatic N) is 3. The number of aryl methyl sites for hydroxylation is 1. The van der Waals surface area contributed by atoms with E-state index in [0.717, 1.165) is 26.7 Å². The van der Waals surface area contributed by atoms with Crippen LogP contribution in [0.25, 0.3) is 37.8 Å². The van der Waals surface area contributed by atoms with Crippen LogP contribution in [0.15, 0.2) is 82.7 Å². The molecular weight excluding hydrogens is 478 g/mol. The van der Waals surface area contributed by atoms with Crippen LogP contribution in [0.5, 0.6) is 0 Å². The van der Waals surface area contributed by atoms with Crippen molar-refractivity contribution in [1.29, 1.82) is 0 Å². The number of hydrogen-bond acceptors (Lipinski definition) is 6. The van der Waals surface area contributed by atoms with Gasteiger partial charge in [0.1, 0.15) is 11.0 Å². The minimum atomic E-state index is -0.210. The van der Waals surface area contributed by atoms with Gasteiger partial charge in [0.2, 0.25) is 5.91 Å². The number of rotatable bonds is 5. The van der Waals surface area contributed by atoms with E-state index in [9.17, 15) is 9.59 Å². The Bertz CT molecular complexity index is 1790. The summed E-state index contributed by atoms with van der Waals surface area (Å²) in [5.41, 5.74) is 4.37. The van der Waals surface area contributed by atoms with Crippen molar-refractivity contribution < 1.29 is 4.79 Å². The van der Waals surface area contributed by atoms with Gasteiger partial charge >= 0.3 is 0 Å². The predicted molar refractivity (Wildman–Crippen MR) is 143 cm³/mol. The Labute approximate surface area is 207 Å². The fraction of sp³-hybridized carbons (Fsp3) is 0.0769. The summed E-state index contributed by atoms with van der Waals surface area (Å²) >= 11 is 2.66. The monoisotopic (exact) mass is 497 g/mol. The summed E-state index contributed by atoms with van der Waals surface area (Å²) in [5.74, 6) is -0.124. The molecule has 6 aromatic rings. The molecule has 0 unspecified atom stereocenters. The molecule has 0 radical (unpaired) electrons. The van der Waals surface area contributed by atoms with Gasteiger partial charge in [0.05, 0.1) is 21.7 Å². The highest BCUT2D eigenvalue weighted by molar-refractivity contribution is 7.99. The molecule has 9 heteroatoms.